The second-order valence-corrected chi connectivity index (χ2v) is 6.40. The van der Waals surface area contributed by atoms with Gasteiger partial charge in [-0.3, -0.25) is 0 Å². The molecule has 1 heterocycles. The molecule has 0 saturated carbocycles. The first-order chi connectivity index (χ1) is 7.98. The van der Waals surface area contributed by atoms with Gasteiger partial charge in [0.2, 0.25) is 10.0 Å². The summed E-state index contributed by atoms with van der Waals surface area (Å²) in [6.45, 7) is 3.15. The van der Waals surface area contributed by atoms with Crippen LogP contribution in [0.1, 0.15) is 17.5 Å². The minimum Gasteiger partial charge on any atom is -0.212 e. The van der Waals surface area contributed by atoms with Crippen LogP contribution in [0.15, 0.2) is 30.3 Å². The largest absolute Gasteiger partial charge is 0.212 e. The van der Waals surface area contributed by atoms with Gasteiger partial charge >= 0.3 is 0 Å². The number of benzene rings is 1. The third kappa shape index (κ3) is 2.76. The van der Waals surface area contributed by atoms with Gasteiger partial charge in [0, 0.05) is 13.1 Å². The van der Waals surface area contributed by atoms with E-state index in [9.17, 15) is 8.42 Å². The van der Waals surface area contributed by atoms with E-state index in [4.69, 9.17) is 0 Å². The van der Waals surface area contributed by atoms with Crippen molar-refractivity contribution in [3.63, 3.8) is 0 Å². The molecule has 1 aromatic carbocycles. The maximum Gasteiger partial charge on any atom is 0.211 e. The molecule has 1 aromatic rings. The van der Waals surface area contributed by atoms with Gasteiger partial charge in [-0.05, 0) is 30.0 Å². The lowest BCUT2D eigenvalue weighted by Crippen LogP contribution is -2.33. The molecule has 0 N–H and O–H groups in total. The van der Waals surface area contributed by atoms with Gasteiger partial charge in [0.1, 0.15) is 0 Å². The Morgan fingerprint density at radius 1 is 1.24 bits per heavy atom. The Balaban J connectivity index is 2.23. The minimum absolute atomic E-state index is 0.489. The van der Waals surface area contributed by atoms with Crippen LogP contribution in [0.25, 0.3) is 5.57 Å². The Morgan fingerprint density at radius 3 is 2.47 bits per heavy atom. The molecule has 1 aliphatic rings. The normalized spacial score (nSPS) is 17.9. The summed E-state index contributed by atoms with van der Waals surface area (Å²) in [5.74, 6) is 0. The van der Waals surface area contributed by atoms with E-state index in [1.54, 1.807) is 0 Å². The van der Waals surface area contributed by atoms with Crippen LogP contribution >= 0.6 is 0 Å². The SMILES string of the molecule is Cc1ccccc1C1=CCN(S(C)(=O)=O)CC1. The summed E-state index contributed by atoms with van der Waals surface area (Å²) >= 11 is 0. The van der Waals surface area contributed by atoms with Crippen molar-refractivity contribution < 1.29 is 8.42 Å². The summed E-state index contributed by atoms with van der Waals surface area (Å²) in [6.07, 6.45) is 4.07. The van der Waals surface area contributed by atoms with Gasteiger partial charge in [0.25, 0.3) is 0 Å². The first kappa shape index (κ1) is 12.3. The van der Waals surface area contributed by atoms with Crippen LogP contribution in [0.3, 0.4) is 0 Å². The van der Waals surface area contributed by atoms with Crippen molar-refractivity contribution in [2.24, 2.45) is 0 Å². The molecule has 0 fully saturated rings. The summed E-state index contributed by atoms with van der Waals surface area (Å²) in [4.78, 5) is 0. The highest BCUT2D eigenvalue weighted by Crippen LogP contribution is 2.25. The average molecular weight is 251 g/mol. The van der Waals surface area contributed by atoms with Crippen molar-refractivity contribution in [3.05, 3.63) is 41.5 Å². The van der Waals surface area contributed by atoms with Crippen molar-refractivity contribution >= 4 is 15.6 Å². The predicted molar refractivity (Wildman–Crippen MR) is 70.2 cm³/mol. The van der Waals surface area contributed by atoms with Gasteiger partial charge in [-0.2, -0.15) is 4.31 Å². The number of sulfonamides is 1. The topological polar surface area (TPSA) is 37.4 Å². The molecule has 3 nitrogen and oxygen atoms in total. The second kappa shape index (κ2) is 4.63. The van der Waals surface area contributed by atoms with Crippen LogP contribution in [-0.2, 0) is 10.0 Å². The number of hydrogen-bond donors (Lipinski definition) is 0. The Hall–Kier alpha value is -1.13. The Kier molecular flexibility index (Phi) is 3.35. The minimum atomic E-state index is -3.05. The molecule has 0 atom stereocenters. The van der Waals surface area contributed by atoms with E-state index in [1.165, 1.54) is 27.3 Å². The molecule has 0 aromatic heterocycles. The van der Waals surface area contributed by atoms with Crippen LogP contribution in [-0.4, -0.2) is 32.1 Å². The standard InChI is InChI=1S/C13H17NO2S/c1-11-5-3-4-6-13(11)12-7-9-14(10-8-12)17(2,15)16/h3-7H,8-10H2,1-2H3. The van der Waals surface area contributed by atoms with Crippen molar-refractivity contribution in [2.75, 3.05) is 19.3 Å². The molecule has 0 bridgehead atoms. The van der Waals surface area contributed by atoms with Crippen LogP contribution < -0.4 is 0 Å². The molecular weight excluding hydrogens is 234 g/mol. The first-order valence-electron chi connectivity index (χ1n) is 5.68. The summed E-state index contributed by atoms with van der Waals surface area (Å²) in [5.41, 5.74) is 3.73. The summed E-state index contributed by atoms with van der Waals surface area (Å²) in [5, 5.41) is 0. The maximum atomic E-state index is 11.4. The molecule has 0 amide bonds. The van der Waals surface area contributed by atoms with E-state index in [0.29, 0.717) is 13.1 Å². The van der Waals surface area contributed by atoms with E-state index >= 15 is 0 Å². The smallest absolute Gasteiger partial charge is 0.211 e. The van der Waals surface area contributed by atoms with E-state index in [-0.39, 0.29) is 0 Å². The Morgan fingerprint density at radius 2 is 1.94 bits per heavy atom. The zero-order valence-electron chi connectivity index (χ0n) is 10.2. The van der Waals surface area contributed by atoms with E-state index < -0.39 is 10.0 Å². The van der Waals surface area contributed by atoms with E-state index in [2.05, 4.69) is 19.1 Å². The van der Waals surface area contributed by atoms with Gasteiger partial charge in [0.15, 0.2) is 0 Å². The average Bonchev–Trinajstić information content (AvgIpc) is 2.29. The second-order valence-electron chi connectivity index (χ2n) is 4.42. The van der Waals surface area contributed by atoms with E-state index in [0.717, 1.165) is 6.42 Å². The van der Waals surface area contributed by atoms with Gasteiger partial charge in [0.05, 0.1) is 6.26 Å². The molecule has 0 radical (unpaired) electrons. The summed E-state index contributed by atoms with van der Waals surface area (Å²) in [6, 6.07) is 8.22. The fourth-order valence-corrected chi connectivity index (χ4v) is 2.90. The van der Waals surface area contributed by atoms with Crippen molar-refractivity contribution in [1.29, 1.82) is 0 Å². The fourth-order valence-electron chi connectivity index (χ4n) is 2.13. The quantitative estimate of drug-likeness (QED) is 0.806. The zero-order chi connectivity index (χ0) is 12.5. The van der Waals surface area contributed by atoms with Gasteiger partial charge < -0.3 is 0 Å². The molecule has 0 unspecified atom stereocenters. The summed E-state index contributed by atoms with van der Waals surface area (Å²) < 4.78 is 24.3. The predicted octanol–water partition coefficient (Wildman–Crippen LogP) is 2.04. The molecule has 92 valence electrons. The van der Waals surface area contributed by atoms with Gasteiger partial charge in [-0.1, -0.05) is 30.3 Å². The third-order valence-corrected chi connectivity index (χ3v) is 4.40. The van der Waals surface area contributed by atoms with Crippen molar-refractivity contribution in [1.82, 2.24) is 4.31 Å². The molecule has 2 rings (SSSR count). The molecule has 1 aliphatic heterocycles. The monoisotopic (exact) mass is 251 g/mol. The molecule has 0 saturated heterocycles. The number of aryl methyl sites for hydroxylation is 1. The summed E-state index contributed by atoms with van der Waals surface area (Å²) in [7, 11) is -3.05. The van der Waals surface area contributed by atoms with Crippen LogP contribution in [0.5, 0.6) is 0 Å². The molecule has 4 heteroatoms. The van der Waals surface area contributed by atoms with Crippen molar-refractivity contribution in [2.45, 2.75) is 13.3 Å². The highest BCUT2D eigenvalue weighted by atomic mass is 32.2. The fraction of sp³-hybridized carbons (Fsp3) is 0.385. The maximum absolute atomic E-state index is 11.4. The first-order valence-corrected chi connectivity index (χ1v) is 7.53. The van der Waals surface area contributed by atoms with Crippen LogP contribution in [0.2, 0.25) is 0 Å². The number of hydrogen-bond acceptors (Lipinski definition) is 2. The van der Waals surface area contributed by atoms with Gasteiger partial charge in [-0.25, -0.2) is 8.42 Å². The lowest BCUT2D eigenvalue weighted by Gasteiger charge is -2.24. The van der Waals surface area contributed by atoms with Crippen LogP contribution in [0, 0.1) is 6.92 Å². The lowest BCUT2D eigenvalue weighted by atomic mass is 9.96. The number of nitrogens with zero attached hydrogens (tertiary/aromatic N) is 1. The Labute approximate surface area is 103 Å². The highest BCUT2D eigenvalue weighted by molar-refractivity contribution is 7.88. The lowest BCUT2D eigenvalue weighted by molar-refractivity contribution is 0.446. The molecule has 17 heavy (non-hydrogen) atoms. The Bertz CT molecular complexity index is 546. The van der Waals surface area contributed by atoms with Crippen LogP contribution in [0.4, 0.5) is 0 Å². The molecular formula is C13H17NO2S. The van der Waals surface area contributed by atoms with Crippen molar-refractivity contribution in [3.8, 4) is 0 Å². The molecule has 0 aliphatic carbocycles. The number of rotatable bonds is 2. The molecule has 0 spiro atoms. The zero-order valence-corrected chi connectivity index (χ0v) is 11.0. The third-order valence-electron chi connectivity index (χ3n) is 3.13. The highest BCUT2D eigenvalue weighted by Gasteiger charge is 2.20. The van der Waals surface area contributed by atoms with Gasteiger partial charge in [-0.15, -0.1) is 0 Å². The van der Waals surface area contributed by atoms with E-state index in [1.807, 2.05) is 18.2 Å².